The number of hydrogen-bond acceptors (Lipinski definition) is 4. The first-order chi connectivity index (χ1) is 11.1. The fourth-order valence-corrected chi connectivity index (χ4v) is 1.85. The van der Waals surface area contributed by atoms with Gasteiger partial charge < -0.3 is 10.6 Å². The molecule has 6 heteroatoms. The van der Waals surface area contributed by atoms with Crippen LogP contribution >= 0.6 is 0 Å². The van der Waals surface area contributed by atoms with E-state index in [-0.39, 0.29) is 23.2 Å². The second kappa shape index (κ2) is 8.03. The highest BCUT2D eigenvalue weighted by Gasteiger charge is 2.12. The number of hydrogen-bond donors (Lipinski definition) is 2. The Bertz CT molecular complexity index is 671. The zero-order chi connectivity index (χ0) is 16.7. The van der Waals surface area contributed by atoms with Gasteiger partial charge in [-0.05, 0) is 35.7 Å². The third-order valence-corrected chi connectivity index (χ3v) is 3.09. The van der Waals surface area contributed by atoms with Crippen molar-refractivity contribution in [2.24, 2.45) is 5.92 Å². The van der Waals surface area contributed by atoms with Gasteiger partial charge in [-0.25, -0.2) is 4.98 Å². The fourth-order valence-electron chi connectivity index (χ4n) is 1.85. The van der Waals surface area contributed by atoms with Gasteiger partial charge in [-0.15, -0.1) is 0 Å². The van der Waals surface area contributed by atoms with Gasteiger partial charge in [-0.3, -0.25) is 14.6 Å². The van der Waals surface area contributed by atoms with E-state index in [1.807, 2.05) is 26.0 Å². The second-order valence-electron chi connectivity index (χ2n) is 5.55. The minimum atomic E-state index is -0.319. The number of nitrogens with zero attached hydrogens (tertiary/aromatic N) is 2. The van der Waals surface area contributed by atoms with Crippen molar-refractivity contribution in [3.63, 3.8) is 0 Å². The summed E-state index contributed by atoms with van der Waals surface area (Å²) in [5.74, 6) is -0.242. The summed E-state index contributed by atoms with van der Waals surface area (Å²) < 4.78 is 0. The van der Waals surface area contributed by atoms with Gasteiger partial charge in [0.1, 0.15) is 11.4 Å². The first kappa shape index (κ1) is 16.6. The average Bonchev–Trinajstić information content (AvgIpc) is 2.58. The Balaban J connectivity index is 1.98. The molecular formula is C17H20N4O2. The molecule has 0 aliphatic carbocycles. The molecule has 0 saturated carbocycles. The zero-order valence-corrected chi connectivity index (χ0v) is 13.2. The lowest BCUT2D eigenvalue weighted by Crippen LogP contribution is -2.29. The lowest BCUT2D eigenvalue weighted by Gasteiger charge is -2.08. The maximum atomic E-state index is 12.1. The van der Waals surface area contributed by atoms with Crippen LogP contribution in [0.2, 0.25) is 0 Å². The Morgan fingerprint density at radius 2 is 1.61 bits per heavy atom. The molecule has 23 heavy (non-hydrogen) atoms. The van der Waals surface area contributed by atoms with Gasteiger partial charge in [0, 0.05) is 25.5 Å². The minimum Gasteiger partial charge on any atom is -0.350 e. The van der Waals surface area contributed by atoms with Crippen molar-refractivity contribution >= 4 is 11.8 Å². The van der Waals surface area contributed by atoms with Crippen LogP contribution in [0.5, 0.6) is 0 Å². The van der Waals surface area contributed by atoms with Crippen molar-refractivity contribution in [2.45, 2.75) is 20.4 Å². The number of carbonyl (C=O) groups is 2. The van der Waals surface area contributed by atoms with Crippen LogP contribution in [0.25, 0.3) is 0 Å². The molecule has 2 N–H and O–H groups in total. The Hall–Kier alpha value is -2.76. The Kier molecular flexibility index (Phi) is 5.80. The first-order valence-corrected chi connectivity index (χ1v) is 7.48. The Morgan fingerprint density at radius 1 is 1.00 bits per heavy atom. The molecule has 2 aromatic rings. The molecule has 0 saturated heterocycles. The Morgan fingerprint density at radius 3 is 2.22 bits per heavy atom. The van der Waals surface area contributed by atoms with E-state index >= 15 is 0 Å². The molecule has 0 unspecified atom stereocenters. The quantitative estimate of drug-likeness (QED) is 0.852. The summed E-state index contributed by atoms with van der Waals surface area (Å²) in [6.07, 6.45) is 3.33. The molecule has 0 aliphatic heterocycles. The molecule has 0 atom stereocenters. The summed E-state index contributed by atoms with van der Waals surface area (Å²) in [5.41, 5.74) is 1.40. The van der Waals surface area contributed by atoms with Crippen LogP contribution in [0.3, 0.4) is 0 Å². The van der Waals surface area contributed by atoms with E-state index in [4.69, 9.17) is 0 Å². The van der Waals surface area contributed by atoms with Crippen LogP contribution in [-0.4, -0.2) is 28.3 Å². The summed E-state index contributed by atoms with van der Waals surface area (Å²) in [6, 6.07) is 8.47. The van der Waals surface area contributed by atoms with E-state index in [0.717, 1.165) is 5.56 Å². The van der Waals surface area contributed by atoms with E-state index in [1.165, 1.54) is 0 Å². The maximum Gasteiger partial charge on any atom is 0.270 e. The van der Waals surface area contributed by atoms with E-state index in [0.29, 0.717) is 19.0 Å². The van der Waals surface area contributed by atoms with Gasteiger partial charge >= 0.3 is 0 Å². The summed E-state index contributed by atoms with van der Waals surface area (Å²) >= 11 is 0. The predicted octanol–water partition coefficient (Wildman–Crippen LogP) is 1.79. The van der Waals surface area contributed by atoms with Crippen LogP contribution in [0.1, 0.15) is 40.4 Å². The maximum absolute atomic E-state index is 12.1. The smallest absolute Gasteiger partial charge is 0.270 e. The van der Waals surface area contributed by atoms with Gasteiger partial charge in [-0.2, -0.15) is 0 Å². The van der Waals surface area contributed by atoms with Crippen molar-refractivity contribution in [1.29, 1.82) is 0 Å². The number of pyridine rings is 2. The largest absolute Gasteiger partial charge is 0.350 e. The number of aromatic nitrogens is 2. The highest BCUT2D eigenvalue weighted by Crippen LogP contribution is 2.02. The van der Waals surface area contributed by atoms with E-state index in [2.05, 4.69) is 20.6 Å². The molecule has 6 nitrogen and oxygen atoms in total. The molecule has 0 aliphatic rings. The zero-order valence-electron chi connectivity index (χ0n) is 13.2. The van der Waals surface area contributed by atoms with Crippen molar-refractivity contribution in [1.82, 2.24) is 20.6 Å². The van der Waals surface area contributed by atoms with Gasteiger partial charge in [0.15, 0.2) is 0 Å². The fraction of sp³-hybridized carbons (Fsp3) is 0.294. The van der Waals surface area contributed by atoms with Crippen LogP contribution in [0.15, 0.2) is 42.7 Å². The standard InChI is InChI=1S/C17H20N4O2/c1-12(2)10-19-16(22)14-4-3-5-15(21-14)17(23)20-11-13-6-8-18-9-7-13/h3-9,12H,10-11H2,1-2H3,(H,19,22)(H,20,23). The number of nitrogens with one attached hydrogen (secondary N) is 2. The third-order valence-electron chi connectivity index (χ3n) is 3.09. The van der Waals surface area contributed by atoms with Crippen molar-refractivity contribution < 1.29 is 9.59 Å². The topological polar surface area (TPSA) is 84.0 Å². The third kappa shape index (κ3) is 5.18. The molecule has 120 valence electrons. The first-order valence-electron chi connectivity index (χ1n) is 7.48. The lowest BCUT2D eigenvalue weighted by molar-refractivity contribution is 0.0940. The van der Waals surface area contributed by atoms with Crippen molar-refractivity contribution in [3.8, 4) is 0 Å². The molecule has 0 radical (unpaired) electrons. The van der Waals surface area contributed by atoms with Crippen molar-refractivity contribution in [3.05, 3.63) is 59.7 Å². The molecule has 2 amide bonds. The van der Waals surface area contributed by atoms with Gasteiger partial charge in [-0.1, -0.05) is 19.9 Å². The summed E-state index contributed by atoms with van der Waals surface area (Å²) in [6.45, 7) is 4.97. The number of carbonyl (C=O) groups excluding carboxylic acids is 2. The number of rotatable bonds is 6. The molecule has 2 rings (SSSR count). The summed E-state index contributed by atoms with van der Waals surface area (Å²) in [7, 11) is 0. The van der Waals surface area contributed by atoms with E-state index < -0.39 is 0 Å². The lowest BCUT2D eigenvalue weighted by atomic mass is 10.2. The van der Waals surface area contributed by atoms with E-state index in [1.54, 1.807) is 30.6 Å². The second-order valence-corrected chi connectivity index (χ2v) is 5.55. The van der Waals surface area contributed by atoms with Gasteiger partial charge in [0.05, 0.1) is 0 Å². The molecule has 0 spiro atoms. The van der Waals surface area contributed by atoms with Gasteiger partial charge in [0.2, 0.25) is 0 Å². The average molecular weight is 312 g/mol. The predicted molar refractivity (Wildman–Crippen MR) is 86.8 cm³/mol. The van der Waals surface area contributed by atoms with E-state index in [9.17, 15) is 9.59 Å². The normalized spacial score (nSPS) is 10.4. The molecule has 2 aromatic heterocycles. The van der Waals surface area contributed by atoms with Crippen LogP contribution < -0.4 is 10.6 Å². The van der Waals surface area contributed by atoms with Crippen LogP contribution in [0, 0.1) is 5.92 Å². The monoisotopic (exact) mass is 312 g/mol. The SMILES string of the molecule is CC(C)CNC(=O)c1cccc(C(=O)NCc2ccncc2)n1. The molecule has 0 aromatic carbocycles. The molecule has 0 bridgehead atoms. The Labute approximate surface area is 135 Å². The highest BCUT2D eigenvalue weighted by molar-refractivity contribution is 5.96. The van der Waals surface area contributed by atoms with Crippen LogP contribution in [-0.2, 0) is 6.54 Å². The minimum absolute atomic E-state index is 0.219. The van der Waals surface area contributed by atoms with Crippen molar-refractivity contribution in [2.75, 3.05) is 6.54 Å². The molecule has 2 heterocycles. The van der Waals surface area contributed by atoms with Crippen LogP contribution in [0.4, 0.5) is 0 Å². The molecule has 0 fully saturated rings. The number of amides is 2. The molecular weight excluding hydrogens is 292 g/mol. The summed E-state index contributed by atoms with van der Waals surface area (Å²) in [5, 5.41) is 5.55. The summed E-state index contributed by atoms with van der Waals surface area (Å²) in [4.78, 5) is 32.2. The van der Waals surface area contributed by atoms with Gasteiger partial charge in [0.25, 0.3) is 11.8 Å². The highest BCUT2D eigenvalue weighted by atomic mass is 16.2.